The molecule has 0 fully saturated rings. The third kappa shape index (κ3) is 4.49. The molecule has 0 saturated carbocycles. The second-order valence-corrected chi connectivity index (χ2v) is 4.68. The number of aromatic nitrogens is 2. The average Bonchev–Trinajstić information content (AvgIpc) is 2.33. The van der Waals surface area contributed by atoms with Crippen LogP contribution in [-0.4, -0.2) is 55.6 Å². The summed E-state index contributed by atoms with van der Waals surface area (Å²) in [6.45, 7) is 7.24. The van der Waals surface area contributed by atoms with Crippen molar-refractivity contribution in [3.8, 4) is 0 Å². The van der Waals surface area contributed by atoms with Gasteiger partial charge in [-0.1, -0.05) is 0 Å². The molecule has 102 valence electrons. The molecule has 1 N–H and O–H groups in total. The lowest BCUT2D eigenvalue weighted by Gasteiger charge is -2.23. The molecule has 1 aromatic rings. The maximum atomic E-state index is 4.51. The van der Waals surface area contributed by atoms with Crippen LogP contribution in [0.15, 0.2) is 6.07 Å². The molecule has 0 aromatic carbocycles. The highest BCUT2D eigenvalue weighted by atomic mass is 15.2. The van der Waals surface area contributed by atoms with Crippen molar-refractivity contribution in [2.75, 3.05) is 51.0 Å². The molecule has 0 atom stereocenters. The second kappa shape index (κ2) is 7.16. The monoisotopic (exact) mass is 251 g/mol. The molecule has 1 heterocycles. The Hall–Kier alpha value is -1.36. The summed E-state index contributed by atoms with van der Waals surface area (Å²) < 4.78 is 0. The van der Waals surface area contributed by atoms with Gasteiger partial charge in [0, 0.05) is 31.9 Å². The van der Waals surface area contributed by atoms with Gasteiger partial charge in [0.05, 0.1) is 0 Å². The molecule has 5 heteroatoms. The lowest BCUT2D eigenvalue weighted by atomic mass is 10.3. The number of rotatable bonds is 7. The van der Waals surface area contributed by atoms with E-state index in [1.165, 1.54) is 0 Å². The van der Waals surface area contributed by atoms with Crippen LogP contribution in [0.4, 0.5) is 11.8 Å². The fraction of sp³-hybridized carbons (Fsp3) is 0.692. The lowest BCUT2D eigenvalue weighted by molar-refractivity contribution is 0.400. The predicted octanol–water partition coefficient (Wildman–Crippen LogP) is 1.60. The number of nitrogens with one attached hydrogen (secondary N) is 1. The van der Waals surface area contributed by atoms with Crippen LogP contribution in [0, 0.1) is 6.92 Å². The zero-order valence-electron chi connectivity index (χ0n) is 12.2. The third-order valence-corrected chi connectivity index (χ3v) is 2.80. The molecule has 5 nitrogen and oxygen atoms in total. The molecule has 0 unspecified atom stereocenters. The van der Waals surface area contributed by atoms with Crippen molar-refractivity contribution < 1.29 is 0 Å². The van der Waals surface area contributed by atoms with Gasteiger partial charge in [0.25, 0.3) is 0 Å². The summed E-state index contributed by atoms with van der Waals surface area (Å²) in [5.74, 6) is 1.70. The predicted molar refractivity (Wildman–Crippen MR) is 77.4 cm³/mol. The summed E-state index contributed by atoms with van der Waals surface area (Å²) in [5.41, 5.74) is 0.996. The molecule has 0 radical (unpaired) electrons. The van der Waals surface area contributed by atoms with E-state index in [4.69, 9.17) is 0 Å². The molecule has 18 heavy (non-hydrogen) atoms. The van der Waals surface area contributed by atoms with E-state index >= 15 is 0 Å². The number of nitrogens with zero attached hydrogens (tertiary/aromatic N) is 4. The third-order valence-electron chi connectivity index (χ3n) is 2.80. The average molecular weight is 251 g/mol. The summed E-state index contributed by atoms with van der Waals surface area (Å²) in [7, 11) is 6.05. The molecule has 0 aliphatic rings. The van der Waals surface area contributed by atoms with Gasteiger partial charge in [0.2, 0.25) is 5.95 Å². The molecule has 0 spiro atoms. The van der Waals surface area contributed by atoms with E-state index in [2.05, 4.69) is 46.1 Å². The first kappa shape index (κ1) is 14.7. The first-order valence-electron chi connectivity index (χ1n) is 6.50. The molecular formula is C13H25N5. The van der Waals surface area contributed by atoms with Gasteiger partial charge in [-0.05, 0) is 40.9 Å². The Morgan fingerprint density at radius 1 is 1.22 bits per heavy atom. The van der Waals surface area contributed by atoms with Crippen LogP contribution in [0.25, 0.3) is 0 Å². The van der Waals surface area contributed by atoms with E-state index < -0.39 is 0 Å². The van der Waals surface area contributed by atoms with Gasteiger partial charge in [-0.2, -0.15) is 4.98 Å². The van der Waals surface area contributed by atoms with E-state index in [0.29, 0.717) is 5.95 Å². The van der Waals surface area contributed by atoms with Crippen molar-refractivity contribution in [2.45, 2.75) is 20.3 Å². The summed E-state index contributed by atoms with van der Waals surface area (Å²) >= 11 is 0. The first-order chi connectivity index (χ1) is 8.56. The van der Waals surface area contributed by atoms with Gasteiger partial charge in [-0.25, -0.2) is 4.98 Å². The van der Waals surface area contributed by atoms with Crippen molar-refractivity contribution in [1.82, 2.24) is 14.9 Å². The Balaban J connectivity index is 2.71. The van der Waals surface area contributed by atoms with E-state index in [9.17, 15) is 0 Å². The Labute approximate surface area is 110 Å². The smallest absolute Gasteiger partial charge is 0.224 e. The number of anilines is 2. The van der Waals surface area contributed by atoms with Crippen molar-refractivity contribution in [3.05, 3.63) is 11.8 Å². The highest BCUT2D eigenvalue weighted by molar-refractivity contribution is 5.44. The quantitative estimate of drug-likeness (QED) is 0.797. The fourth-order valence-corrected chi connectivity index (χ4v) is 1.84. The van der Waals surface area contributed by atoms with Gasteiger partial charge in [-0.15, -0.1) is 0 Å². The highest BCUT2D eigenvalue weighted by Crippen LogP contribution is 2.14. The molecule has 0 aliphatic carbocycles. The van der Waals surface area contributed by atoms with Crippen LogP contribution in [0.3, 0.4) is 0 Å². The van der Waals surface area contributed by atoms with Crippen LogP contribution >= 0.6 is 0 Å². The van der Waals surface area contributed by atoms with E-state index in [1.807, 2.05) is 20.0 Å². The standard InChI is InChI=1S/C13H25N5/c1-6-18(9-7-8-17(4)5)12-10-11(2)15-13(14-3)16-12/h10H,6-9H2,1-5H3,(H,14,15,16). The maximum Gasteiger partial charge on any atom is 0.224 e. The maximum absolute atomic E-state index is 4.51. The molecule has 0 bridgehead atoms. The van der Waals surface area contributed by atoms with Crippen LogP contribution in [-0.2, 0) is 0 Å². The highest BCUT2D eigenvalue weighted by Gasteiger charge is 2.08. The number of hydrogen-bond donors (Lipinski definition) is 1. The van der Waals surface area contributed by atoms with Crippen molar-refractivity contribution in [2.24, 2.45) is 0 Å². The van der Waals surface area contributed by atoms with Gasteiger partial charge in [0.15, 0.2) is 0 Å². The Morgan fingerprint density at radius 3 is 2.50 bits per heavy atom. The summed E-state index contributed by atoms with van der Waals surface area (Å²) in [6, 6.07) is 2.04. The summed E-state index contributed by atoms with van der Waals surface area (Å²) in [4.78, 5) is 13.3. The van der Waals surface area contributed by atoms with E-state index in [1.54, 1.807) is 0 Å². The van der Waals surface area contributed by atoms with Crippen molar-refractivity contribution in [1.29, 1.82) is 0 Å². The topological polar surface area (TPSA) is 44.3 Å². The molecular weight excluding hydrogens is 226 g/mol. The van der Waals surface area contributed by atoms with Crippen LogP contribution in [0.2, 0.25) is 0 Å². The molecule has 0 aliphatic heterocycles. The van der Waals surface area contributed by atoms with Gasteiger partial charge in [0.1, 0.15) is 5.82 Å². The van der Waals surface area contributed by atoms with Crippen molar-refractivity contribution in [3.63, 3.8) is 0 Å². The Morgan fingerprint density at radius 2 is 1.94 bits per heavy atom. The molecule has 0 amide bonds. The largest absolute Gasteiger partial charge is 0.357 e. The minimum atomic E-state index is 0.691. The number of hydrogen-bond acceptors (Lipinski definition) is 5. The minimum absolute atomic E-state index is 0.691. The van der Waals surface area contributed by atoms with Crippen LogP contribution in [0.5, 0.6) is 0 Å². The summed E-state index contributed by atoms with van der Waals surface area (Å²) in [6.07, 6.45) is 1.14. The fourth-order valence-electron chi connectivity index (χ4n) is 1.84. The summed E-state index contributed by atoms with van der Waals surface area (Å²) in [5, 5.41) is 3.00. The van der Waals surface area contributed by atoms with Gasteiger partial charge < -0.3 is 15.1 Å². The van der Waals surface area contributed by atoms with Crippen molar-refractivity contribution >= 4 is 11.8 Å². The molecule has 1 aromatic heterocycles. The number of aryl methyl sites for hydroxylation is 1. The molecule has 0 saturated heterocycles. The zero-order valence-corrected chi connectivity index (χ0v) is 12.2. The van der Waals surface area contributed by atoms with Crippen LogP contribution in [0.1, 0.15) is 19.0 Å². The SMILES string of the molecule is CCN(CCCN(C)C)c1cc(C)nc(NC)n1. The molecule has 1 rings (SSSR count). The van der Waals surface area contributed by atoms with E-state index in [-0.39, 0.29) is 0 Å². The zero-order chi connectivity index (χ0) is 13.5. The first-order valence-corrected chi connectivity index (χ1v) is 6.50. The van der Waals surface area contributed by atoms with Crippen LogP contribution < -0.4 is 10.2 Å². The Kier molecular flexibility index (Phi) is 5.85. The Bertz CT molecular complexity index is 364. The second-order valence-electron chi connectivity index (χ2n) is 4.68. The van der Waals surface area contributed by atoms with E-state index in [0.717, 1.165) is 37.6 Å². The minimum Gasteiger partial charge on any atom is -0.357 e. The van der Waals surface area contributed by atoms with Gasteiger partial charge >= 0.3 is 0 Å². The lowest BCUT2D eigenvalue weighted by Crippen LogP contribution is -2.28. The normalized spacial score (nSPS) is 10.8. The van der Waals surface area contributed by atoms with Gasteiger partial charge in [-0.3, -0.25) is 0 Å².